The number of amides is 2. The molecule has 0 spiro atoms. The van der Waals surface area contributed by atoms with E-state index in [1.54, 1.807) is 39.0 Å². The van der Waals surface area contributed by atoms with Crippen LogP contribution in [0.2, 0.25) is 0 Å². The smallest absolute Gasteiger partial charge is 0.408 e. The molecule has 0 saturated carbocycles. The zero-order valence-corrected chi connectivity index (χ0v) is 27.4. The van der Waals surface area contributed by atoms with Gasteiger partial charge < -0.3 is 43.4 Å². The van der Waals surface area contributed by atoms with Crippen molar-refractivity contribution < 1.29 is 42.8 Å². The Hall–Kier alpha value is -4.77. The Morgan fingerprint density at radius 1 is 0.957 bits per heavy atom. The fourth-order valence-corrected chi connectivity index (χ4v) is 5.87. The van der Waals surface area contributed by atoms with Crippen molar-refractivity contribution in [2.45, 2.75) is 63.9 Å². The number of nitrogens with zero attached hydrogens (tertiary/aromatic N) is 1. The topological polar surface area (TPSA) is 122 Å². The Balaban J connectivity index is 1.52. The number of rotatable bonds is 11. The van der Waals surface area contributed by atoms with Crippen LogP contribution >= 0.6 is 0 Å². The average molecular weight is 647 g/mol. The molecule has 2 aliphatic rings. The van der Waals surface area contributed by atoms with Crippen LogP contribution in [0.15, 0.2) is 60.7 Å². The van der Waals surface area contributed by atoms with E-state index >= 15 is 0 Å². The van der Waals surface area contributed by atoms with E-state index in [1.165, 1.54) is 19.1 Å². The summed E-state index contributed by atoms with van der Waals surface area (Å²) in [6.07, 6.45) is 0.355. The molecule has 0 fully saturated rings. The Morgan fingerprint density at radius 3 is 2.32 bits per heavy atom. The molecule has 3 aromatic rings. The van der Waals surface area contributed by atoms with E-state index in [-0.39, 0.29) is 19.4 Å². The number of aldehydes is 1. The van der Waals surface area contributed by atoms with Crippen LogP contribution in [0.3, 0.4) is 0 Å². The lowest BCUT2D eigenvalue weighted by Gasteiger charge is -2.43. The van der Waals surface area contributed by atoms with Gasteiger partial charge in [-0.2, -0.15) is 0 Å². The maximum atomic E-state index is 14.7. The molecule has 47 heavy (non-hydrogen) atoms. The maximum Gasteiger partial charge on any atom is 0.408 e. The molecular weight excluding hydrogens is 604 g/mol. The predicted octanol–water partition coefficient (Wildman–Crippen LogP) is 4.82. The van der Waals surface area contributed by atoms with E-state index in [2.05, 4.69) is 5.32 Å². The van der Waals surface area contributed by atoms with Gasteiger partial charge >= 0.3 is 6.09 Å². The highest BCUT2D eigenvalue weighted by atomic mass is 16.6. The van der Waals surface area contributed by atoms with E-state index < -0.39 is 35.7 Å². The fourth-order valence-electron chi connectivity index (χ4n) is 5.87. The quantitative estimate of drug-likeness (QED) is 0.292. The van der Waals surface area contributed by atoms with Gasteiger partial charge in [-0.1, -0.05) is 36.4 Å². The minimum absolute atomic E-state index is 0.0894. The molecule has 2 aliphatic heterocycles. The third-order valence-corrected chi connectivity index (χ3v) is 7.96. The van der Waals surface area contributed by atoms with E-state index in [1.807, 2.05) is 42.5 Å². The van der Waals surface area contributed by atoms with Crippen LogP contribution in [0.1, 0.15) is 49.1 Å². The van der Waals surface area contributed by atoms with Gasteiger partial charge in [0, 0.05) is 12.8 Å². The number of nitrogens with one attached hydrogen (secondary N) is 1. The first kappa shape index (κ1) is 33.6. The minimum Gasteiger partial charge on any atom is -0.493 e. The van der Waals surface area contributed by atoms with Crippen molar-refractivity contribution in [2.24, 2.45) is 0 Å². The van der Waals surface area contributed by atoms with Crippen LogP contribution in [-0.4, -0.2) is 74.9 Å². The highest BCUT2D eigenvalue weighted by Gasteiger charge is 2.42. The lowest BCUT2D eigenvalue weighted by atomic mass is 9.87. The van der Waals surface area contributed by atoms with Crippen molar-refractivity contribution in [2.75, 3.05) is 34.0 Å². The standard InChI is InChI=1S/C36H42N2O9/c1-36(2,3)47-35(41)37-28(15-24-11-12-30(42-4)31(16-24)43-5)34(40)38-26(20-39)17-25-18-32-33(46-14-13-45-32)19-27(25)29(38)22-44-21-23-9-7-6-8-10-23/h6-12,16,18-20,26,28-29H,13-15,17,21-22H2,1-5H3,(H,37,41)/t26-,28-,29?/m0/s1. The van der Waals surface area contributed by atoms with E-state index in [0.29, 0.717) is 48.4 Å². The van der Waals surface area contributed by atoms with Gasteiger partial charge in [0.05, 0.1) is 39.5 Å². The molecule has 2 amide bonds. The number of carbonyl (C=O) groups is 3. The lowest BCUT2D eigenvalue weighted by molar-refractivity contribution is -0.144. The zero-order valence-electron chi connectivity index (χ0n) is 27.4. The summed E-state index contributed by atoms with van der Waals surface area (Å²) >= 11 is 0. The van der Waals surface area contributed by atoms with Gasteiger partial charge in [-0.15, -0.1) is 0 Å². The number of benzene rings is 3. The third kappa shape index (κ3) is 8.15. The SMILES string of the molecule is COc1ccc(C[C@H](NC(=O)OC(C)(C)C)C(=O)N2C(COCc3ccccc3)c3cc4c(cc3C[C@H]2C=O)OCCO4)cc1OC. The minimum atomic E-state index is -1.10. The normalized spacial score (nSPS) is 17.6. The largest absolute Gasteiger partial charge is 0.493 e. The number of hydrogen-bond acceptors (Lipinski definition) is 9. The highest BCUT2D eigenvalue weighted by molar-refractivity contribution is 5.89. The van der Waals surface area contributed by atoms with Crippen molar-refractivity contribution in [1.82, 2.24) is 10.2 Å². The molecule has 0 radical (unpaired) electrons. The summed E-state index contributed by atoms with van der Waals surface area (Å²) in [5, 5.41) is 2.78. The second-order valence-corrected chi connectivity index (χ2v) is 12.5. The average Bonchev–Trinajstić information content (AvgIpc) is 3.06. The molecule has 3 aromatic carbocycles. The second-order valence-electron chi connectivity index (χ2n) is 12.5. The van der Waals surface area contributed by atoms with Crippen molar-refractivity contribution in [3.05, 3.63) is 82.9 Å². The molecule has 1 N–H and O–H groups in total. The fraction of sp³-hybridized carbons (Fsp3) is 0.417. The first-order chi connectivity index (χ1) is 22.6. The monoisotopic (exact) mass is 646 g/mol. The molecule has 0 aromatic heterocycles. The van der Waals surface area contributed by atoms with Gasteiger partial charge in [0.2, 0.25) is 5.91 Å². The van der Waals surface area contributed by atoms with Crippen molar-refractivity contribution in [1.29, 1.82) is 0 Å². The van der Waals surface area contributed by atoms with Crippen LogP contribution in [0.5, 0.6) is 23.0 Å². The van der Waals surface area contributed by atoms with Gasteiger partial charge in [-0.05, 0) is 67.3 Å². The summed E-state index contributed by atoms with van der Waals surface area (Å²) in [6, 6.07) is 16.1. The first-order valence-corrected chi connectivity index (χ1v) is 15.6. The molecule has 2 heterocycles. The van der Waals surface area contributed by atoms with Crippen LogP contribution in [0.4, 0.5) is 4.79 Å². The summed E-state index contributed by atoms with van der Waals surface area (Å²) in [6.45, 7) is 6.44. The number of fused-ring (bicyclic) bond motifs is 2. The summed E-state index contributed by atoms with van der Waals surface area (Å²) in [4.78, 5) is 42.1. The van der Waals surface area contributed by atoms with Crippen LogP contribution in [0, 0.1) is 0 Å². The summed E-state index contributed by atoms with van der Waals surface area (Å²) < 4.78 is 34.3. The van der Waals surface area contributed by atoms with Gasteiger partial charge in [0.1, 0.15) is 31.1 Å². The highest BCUT2D eigenvalue weighted by Crippen LogP contribution is 2.41. The predicted molar refractivity (Wildman–Crippen MR) is 173 cm³/mol. The van der Waals surface area contributed by atoms with Crippen molar-refractivity contribution >= 4 is 18.3 Å². The number of hydrogen-bond donors (Lipinski definition) is 1. The van der Waals surface area contributed by atoms with Crippen molar-refractivity contribution in [3.8, 4) is 23.0 Å². The van der Waals surface area contributed by atoms with Gasteiger partial charge in [-0.3, -0.25) is 4.79 Å². The van der Waals surface area contributed by atoms with Crippen LogP contribution in [0.25, 0.3) is 0 Å². The zero-order chi connectivity index (χ0) is 33.6. The van der Waals surface area contributed by atoms with Crippen molar-refractivity contribution in [3.63, 3.8) is 0 Å². The maximum absolute atomic E-state index is 14.7. The molecule has 250 valence electrons. The Kier molecular flexibility index (Phi) is 10.6. The van der Waals surface area contributed by atoms with Gasteiger partial charge in [0.25, 0.3) is 0 Å². The van der Waals surface area contributed by atoms with Crippen LogP contribution < -0.4 is 24.3 Å². The Morgan fingerprint density at radius 2 is 1.66 bits per heavy atom. The van der Waals surface area contributed by atoms with E-state index in [4.69, 9.17) is 28.4 Å². The molecule has 1 unspecified atom stereocenters. The molecular formula is C36H42N2O9. The molecule has 11 heteroatoms. The lowest BCUT2D eigenvalue weighted by Crippen LogP contribution is -2.57. The number of ether oxygens (including phenoxy) is 6. The third-order valence-electron chi connectivity index (χ3n) is 7.96. The van der Waals surface area contributed by atoms with Gasteiger partial charge in [-0.25, -0.2) is 4.79 Å². The van der Waals surface area contributed by atoms with E-state index in [0.717, 1.165) is 23.0 Å². The van der Waals surface area contributed by atoms with E-state index in [9.17, 15) is 14.4 Å². The molecule has 3 atom stereocenters. The molecule has 11 nitrogen and oxygen atoms in total. The summed E-state index contributed by atoms with van der Waals surface area (Å²) in [5.41, 5.74) is 2.52. The molecule has 0 bridgehead atoms. The number of carbonyl (C=O) groups excluding carboxylic acids is 3. The molecule has 5 rings (SSSR count). The summed E-state index contributed by atoms with van der Waals surface area (Å²) in [7, 11) is 3.06. The molecule has 0 saturated heterocycles. The Bertz CT molecular complexity index is 1570. The number of methoxy groups -OCH3 is 2. The van der Waals surface area contributed by atoms with Gasteiger partial charge in [0.15, 0.2) is 23.0 Å². The number of alkyl carbamates (subject to hydrolysis) is 1. The van der Waals surface area contributed by atoms with Crippen LogP contribution in [-0.2, 0) is 38.5 Å². The Labute approximate surface area is 275 Å². The molecule has 0 aliphatic carbocycles. The second kappa shape index (κ2) is 14.8. The summed E-state index contributed by atoms with van der Waals surface area (Å²) in [5.74, 6) is 1.70. The first-order valence-electron chi connectivity index (χ1n) is 15.6.